The van der Waals surface area contributed by atoms with Gasteiger partial charge in [-0.2, -0.15) is 0 Å². The van der Waals surface area contributed by atoms with Crippen LogP contribution in [0.2, 0.25) is 0 Å². The van der Waals surface area contributed by atoms with Crippen LogP contribution in [0.5, 0.6) is 11.5 Å². The molecule has 0 aliphatic carbocycles. The summed E-state index contributed by atoms with van der Waals surface area (Å²) >= 11 is 1.25. The number of phenols is 2. The maximum absolute atomic E-state index is 13.8. The van der Waals surface area contributed by atoms with Crippen molar-refractivity contribution in [2.24, 2.45) is 0 Å². The molecule has 4 amide bonds. The van der Waals surface area contributed by atoms with E-state index in [0.717, 1.165) is 0 Å². The van der Waals surface area contributed by atoms with E-state index in [0.29, 0.717) is 89.4 Å². The largest absolute Gasteiger partial charge is 0.508 e. The number of hydrogen-bond acceptors (Lipinski definition) is 18. The fourth-order valence-corrected chi connectivity index (χ4v) is 7.67. The molecule has 0 bridgehead atoms. The summed E-state index contributed by atoms with van der Waals surface area (Å²) < 4.78 is 42.3. The van der Waals surface area contributed by atoms with Crippen LogP contribution < -0.4 is 31.9 Å². The summed E-state index contributed by atoms with van der Waals surface area (Å²) in [7, 11) is 2.36. The van der Waals surface area contributed by atoms with E-state index in [1.54, 1.807) is 66.0 Å². The second-order valence-electron chi connectivity index (χ2n) is 17.5. The number of alkyl carbamates (subject to hydrolysis) is 1. The number of thiophene rings is 1. The molecule has 0 saturated heterocycles. The van der Waals surface area contributed by atoms with Gasteiger partial charge in [0.1, 0.15) is 40.8 Å². The summed E-state index contributed by atoms with van der Waals surface area (Å²) in [5.41, 5.74) is 1.98. The van der Waals surface area contributed by atoms with E-state index < -0.39 is 47.5 Å². The molecule has 398 valence electrons. The van der Waals surface area contributed by atoms with Crippen molar-refractivity contribution in [3.63, 3.8) is 0 Å². The minimum atomic E-state index is -1.17. The van der Waals surface area contributed by atoms with Crippen LogP contribution in [-0.4, -0.2) is 124 Å². The third-order valence-electron chi connectivity index (χ3n) is 10.5. The highest BCUT2D eigenvalue weighted by Crippen LogP contribution is 2.20. The maximum atomic E-state index is 13.8. The van der Waals surface area contributed by atoms with Gasteiger partial charge in [-0.05, 0) is 133 Å². The number of nitrogens with one attached hydrogen (secondary N) is 6. The highest BCUT2D eigenvalue weighted by molar-refractivity contribution is 7.12. The van der Waals surface area contributed by atoms with E-state index in [1.807, 2.05) is 0 Å². The van der Waals surface area contributed by atoms with Crippen LogP contribution in [0.15, 0.2) is 53.9 Å². The third-order valence-corrected chi connectivity index (χ3v) is 11.4. The lowest BCUT2D eigenvalue weighted by atomic mass is 10.1. The molecule has 0 aliphatic rings. The first-order chi connectivity index (χ1) is 35.0. The molecule has 2 aromatic carbocycles. The Bertz CT molecular complexity index is 2730. The number of nitrogens with zero attached hydrogens (tertiary/aromatic N) is 4. The van der Waals surface area contributed by atoms with Crippen molar-refractivity contribution >= 4 is 59.0 Å². The molecule has 2 atom stereocenters. The standard InChI is InChI=1S/C25H34FN5O6.C25H28FN5O5S/c1-14-20(21(33)31-19(22(34)36-6)13-28-24(35)37-25(3,4)5)15(2)30-23(29-14)27-11-7-8-16-12-17(32)9-10-18(16)26;1-14-21(23(34)31-19(24(35)36-3)13-28-22(33)20-7-5-11-37-20)15(2)30-25(29-14)27-10-4-6-16-12-17(32)8-9-18(16)26/h9-10,12,19,32H,7-8,11,13H2,1-6H3,(H,28,35)(H,31,33)(H,27,29,30);5,7-9,11-12,19,32H,4,6,10,13H2,1-3H3,(H,28,33)(H,31,34)(H,27,29,30)/t2*19-/m00/s1. The van der Waals surface area contributed by atoms with Gasteiger partial charge in [-0.15, -0.1) is 11.3 Å². The number of anilines is 2. The van der Waals surface area contributed by atoms with Gasteiger partial charge < -0.3 is 56.3 Å². The lowest BCUT2D eigenvalue weighted by Crippen LogP contribution is -2.50. The number of aryl methyl sites for hydroxylation is 6. The highest BCUT2D eigenvalue weighted by atomic mass is 32.1. The van der Waals surface area contributed by atoms with Crippen molar-refractivity contribution in [3.05, 3.63) is 115 Å². The number of benzene rings is 2. The number of amides is 4. The Kier molecular flexibility index (Phi) is 21.9. The molecule has 5 aromatic rings. The van der Waals surface area contributed by atoms with Gasteiger partial charge in [-0.25, -0.2) is 43.1 Å². The van der Waals surface area contributed by atoms with E-state index >= 15 is 0 Å². The van der Waals surface area contributed by atoms with E-state index in [1.165, 1.54) is 62.0 Å². The Labute approximate surface area is 430 Å². The Hall–Kier alpha value is -8.02. The number of halogens is 2. The van der Waals surface area contributed by atoms with Gasteiger partial charge in [0.25, 0.3) is 17.7 Å². The van der Waals surface area contributed by atoms with E-state index in [9.17, 15) is 47.8 Å². The molecule has 0 fully saturated rings. The van der Waals surface area contributed by atoms with Crippen molar-refractivity contribution in [1.29, 1.82) is 0 Å². The average molecular weight is 1050 g/mol. The summed E-state index contributed by atoms with van der Waals surface area (Å²) in [6.45, 7) is 12.1. The van der Waals surface area contributed by atoms with Gasteiger partial charge in [0.05, 0.1) is 59.5 Å². The van der Waals surface area contributed by atoms with Crippen LogP contribution in [-0.2, 0) is 36.6 Å². The number of rotatable bonds is 21. The summed E-state index contributed by atoms with van der Waals surface area (Å²) in [5, 5.41) is 37.1. The predicted octanol–water partition coefficient (Wildman–Crippen LogP) is 5.52. The predicted molar refractivity (Wildman–Crippen MR) is 270 cm³/mol. The van der Waals surface area contributed by atoms with Gasteiger partial charge in [0, 0.05) is 19.6 Å². The van der Waals surface area contributed by atoms with Gasteiger partial charge in [-0.1, -0.05) is 6.07 Å². The fraction of sp³-hybridized carbons (Fsp3) is 0.400. The zero-order valence-corrected chi connectivity index (χ0v) is 43.3. The van der Waals surface area contributed by atoms with Crippen LogP contribution in [0.3, 0.4) is 0 Å². The number of ether oxygens (including phenoxy) is 3. The van der Waals surface area contributed by atoms with Crippen molar-refractivity contribution in [2.75, 3.05) is 51.0 Å². The number of hydrogen-bond donors (Lipinski definition) is 8. The first-order valence-electron chi connectivity index (χ1n) is 23.2. The second-order valence-corrected chi connectivity index (χ2v) is 18.4. The molecule has 3 aromatic heterocycles. The van der Waals surface area contributed by atoms with Gasteiger partial charge in [0.15, 0.2) is 0 Å². The summed E-state index contributed by atoms with van der Waals surface area (Å²) in [5.74, 6) is -3.18. The summed E-state index contributed by atoms with van der Waals surface area (Å²) in [6.07, 6.45) is 1.17. The molecule has 0 aliphatic heterocycles. The van der Waals surface area contributed by atoms with Crippen molar-refractivity contribution < 1.29 is 62.0 Å². The average Bonchev–Trinajstić information content (AvgIpc) is 3.88. The quantitative estimate of drug-likeness (QED) is 0.0255. The lowest BCUT2D eigenvalue weighted by Gasteiger charge is -2.22. The third kappa shape index (κ3) is 18.2. The number of phenolic OH excluding ortho intramolecular Hbond substituents is 2. The van der Waals surface area contributed by atoms with Crippen LogP contribution >= 0.6 is 11.3 Å². The molecule has 8 N–H and O–H groups in total. The van der Waals surface area contributed by atoms with E-state index in [2.05, 4.69) is 51.8 Å². The van der Waals surface area contributed by atoms with Crippen LogP contribution in [0.1, 0.15) is 97.9 Å². The van der Waals surface area contributed by atoms with E-state index in [-0.39, 0.29) is 53.3 Å². The first kappa shape index (κ1) is 58.5. The monoisotopic (exact) mass is 1050 g/mol. The molecule has 3 heterocycles. The van der Waals surface area contributed by atoms with Crippen molar-refractivity contribution in [3.8, 4) is 11.5 Å². The van der Waals surface area contributed by atoms with Crippen molar-refractivity contribution in [2.45, 2.75) is 91.8 Å². The van der Waals surface area contributed by atoms with E-state index in [4.69, 9.17) is 14.2 Å². The topological polar surface area (TPSA) is 294 Å². The van der Waals surface area contributed by atoms with Crippen LogP contribution in [0, 0.1) is 39.3 Å². The lowest BCUT2D eigenvalue weighted by molar-refractivity contribution is -0.143. The first-order valence-corrected chi connectivity index (χ1v) is 24.1. The normalized spacial score (nSPS) is 11.7. The fourth-order valence-electron chi connectivity index (χ4n) is 7.03. The Balaban J connectivity index is 0.000000320. The number of methoxy groups -OCH3 is 2. The molecule has 74 heavy (non-hydrogen) atoms. The minimum Gasteiger partial charge on any atom is -0.508 e. The Morgan fingerprint density at radius 3 is 1.43 bits per heavy atom. The molecule has 0 spiro atoms. The number of esters is 2. The Morgan fingerprint density at radius 2 is 1.05 bits per heavy atom. The molecule has 24 heteroatoms. The molecule has 0 saturated carbocycles. The number of carbonyl (C=O) groups is 6. The summed E-state index contributed by atoms with van der Waals surface area (Å²) in [4.78, 5) is 92.3. The molecule has 5 rings (SSSR count). The van der Waals surface area contributed by atoms with Gasteiger partial charge >= 0.3 is 18.0 Å². The minimum absolute atomic E-state index is 0.00265. The molecular weight excluding hydrogens is 987 g/mol. The highest BCUT2D eigenvalue weighted by Gasteiger charge is 2.28. The summed E-state index contributed by atoms with van der Waals surface area (Å²) in [6, 6.07) is 8.91. The second kappa shape index (κ2) is 27.7. The Morgan fingerprint density at radius 1 is 0.635 bits per heavy atom. The van der Waals surface area contributed by atoms with Crippen LogP contribution in [0.4, 0.5) is 25.5 Å². The maximum Gasteiger partial charge on any atom is 0.407 e. The number of aromatic hydroxyl groups is 2. The van der Waals surface area contributed by atoms with Gasteiger partial charge in [-0.3, -0.25) is 14.4 Å². The zero-order chi connectivity index (χ0) is 54.7. The van der Waals surface area contributed by atoms with Crippen LogP contribution in [0.25, 0.3) is 0 Å². The molecule has 21 nitrogen and oxygen atoms in total. The number of carbonyl (C=O) groups excluding carboxylic acids is 6. The SMILES string of the molecule is COC(=O)[C@H](CNC(=O)OC(C)(C)C)NC(=O)c1c(C)nc(NCCCc2cc(O)ccc2F)nc1C.COC(=O)[C@H](CNC(=O)c1cccs1)NC(=O)c1c(C)nc(NCCCc2cc(O)ccc2F)nc1C. The van der Waals surface area contributed by atoms with Gasteiger partial charge in [0.2, 0.25) is 11.9 Å². The number of aromatic nitrogens is 4. The zero-order valence-electron chi connectivity index (χ0n) is 42.5. The van der Waals surface area contributed by atoms with Crippen molar-refractivity contribution in [1.82, 2.24) is 41.2 Å². The molecule has 0 unspecified atom stereocenters. The smallest absolute Gasteiger partial charge is 0.407 e. The molecule has 0 radical (unpaired) electrons. The molecular formula is C50H62F2N10O11S.